The second-order valence-corrected chi connectivity index (χ2v) is 4.33. The van der Waals surface area contributed by atoms with E-state index in [1.54, 1.807) is 10.9 Å². The van der Waals surface area contributed by atoms with Crippen LogP contribution in [-0.4, -0.2) is 25.5 Å². The Morgan fingerprint density at radius 3 is 2.80 bits per heavy atom. The number of amides is 1. The zero-order valence-corrected chi connectivity index (χ0v) is 11.3. The molecule has 0 atom stereocenters. The van der Waals surface area contributed by atoms with E-state index in [1.165, 1.54) is 6.07 Å². The van der Waals surface area contributed by atoms with Gasteiger partial charge in [-0.3, -0.25) is 9.48 Å². The first-order chi connectivity index (χ1) is 9.51. The average Bonchev–Trinajstić information content (AvgIpc) is 3.02. The zero-order valence-electron chi connectivity index (χ0n) is 10.6. The summed E-state index contributed by atoms with van der Waals surface area (Å²) in [5.74, 6) is -0.563. The van der Waals surface area contributed by atoms with Gasteiger partial charge >= 0.3 is 6.55 Å². The number of carbonyl (C=O) groups is 1. The van der Waals surface area contributed by atoms with E-state index >= 15 is 0 Å². The zero-order chi connectivity index (χ0) is 14.7. The summed E-state index contributed by atoms with van der Waals surface area (Å²) in [5, 5.41) is 10.6. The van der Waals surface area contributed by atoms with E-state index in [0.717, 1.165) is 6.20 Å². The molecule has 2 rings (SSSR count). The first kappa shape index (κ1) is 14.4. The fourth-order valence-corrected chi connectivity index (χ4v) is 1.76. The van der Waals surface area contributed by atoms with Crippen LogP contribution in [0.15, 0.2) is 18.5 Å². The molecule has 108 valence electrons. The van der Waals surface area contributed by atoms with Gasteiger partial charge in [0.15, 0.2) is 0 Å². The number of rotatable bonds is 5. The smallest absolute Gasteiger partial charge is 0.333 e. The molecule has 0 saturated carbocycles. The number of hydrogen-bond acceptors (Lipinski definition) is 3. The molecule has 1 N–H and O–H groups in total. The lowest BCUT2D eigenvalue weighted by Gasteiger charge is -2.01. The molecule has 0 unspecified atom stereocenters. The molecule has 20 heavy (non-hydrogen) atoms. The molecule has 1 amide bonds. The summed E-state index contributed by atoms with van der Waals surface area (Å²) in [6.45, 7) is -0.104. The van der Waals surface area contributed by atoms with Crippen molar-refractivity contribution in [3.05, 3.63) is 34.9 Å². The van der Waals surface area contributed by atoms with Gasteiger partial charge in [-0.25, -0.2) is 4.68 Å². The van der Waals surface area contributed by atoms with Crippen LogP contribution >= 0.6 is 11.6 Å². The topological polar surface area (TPSA) is 64.7 Å². The molecule has 2 aromatic rings. The van der Waals surface area contributed by atoms with Crippen LogP contribution in [0, 0.1) is 0 Å². The van der Waals surface area contributed by atoms with Crippen molar-refractivity contribution < 1.29 is 13.6 Å². The fraction of sp³-hybridized carbons (Fsp3) is 0.364. The van der Waals surface area contributed by atoms with Gasteiger partial charge in [-0.2, -0.15) is 19.0 Å². The lowest BCUT2D eigenvalue weighted by Crippen LogP contribution is -2.24. The quantitative estimate of drug-likeness (QED) is 0.919. The van der Waals surface area contributed by atoms with Gasteiger partial charge in [0.1, 0.15) is 11.4 Å². The molecule has 0 aliphatic carbocycles. The van der Waals surface area contributed by atoms with E-state index in [9.17, 15) is 13.6 Å². The summed E-state index contributed by atoms with van der Waals surface area (Å²) in [4.78, 5) is 11.7. The summed E-state index contributed by atoms with van der Waals surface area (Å²) < 4.78 is 26.7. The van der Waals surface area contributed by atoms with Crippen LogP contribution < -0.4 is 5.32 Å². The van der Waals surface area contributed by atoms with Gasteiger partial charge in [0.05, 0.1) is 11.6 Å². The van der Waals surface area contributed by atoms with Crippen LogP contribution in [0.5, 0.6) is 0 Å². The van der Waals surface area contributed by atoms with E-state index in [2.05, 4.69) is 15.5 Å². The van der Waals surface area contributed by atoms with Crippen LogP contribution in [0.4, 0.5) is 8.78 Å². The molecule has 0 saturated heterocycles. The van der Waals surface area contributed by atoms with Gasteiger partial charge in [0, 0.05) is 18.9 Å². The van der Waals surface area contributed by atoms with Crippen molar-refractivity contribution in [2.24, 2.45) is 0 Å². The normalized spacial score (nSPS) is 11.1. The molecule has 2 aromatic heterocycles. The Kier molecular flexibility index (Phi) is 4.33. The minimum absolute atomic E-state index is 0.0867. The van der Waals surface area contributed by atoms with Crippen molar-refractivity contribution in [1.82, 2.24) is 24.9 Å². The highest BCUT2D eigenvalue weighted by Gasteiger charge is 2.14. The third-order valence-electron chi connectivity index (χ3n) is 2.57. The van der Waals surface area contributed by atoms with E-state index in [1.807, 2.05) is 6.92 Å². The number of carbonyl (C=O) groups excluding carboxylic acids is 1. The molecule has 0 spiro atoms. The second kappa shape index (κ2) is 6.00. The molecule has 0 aromatic carbocycles. The Morgan fingerprint density at radius 2 is 2.25 bits per heavy atom. The molecular weight excluding hydrogens is 292 g/mol. The van der Waals surface area contributed by atoms with E-state index < -0.39 is 12.5 Å². The lowest BCUT2D eigenvalue weighted by atomic mass is 10.4. The molecule has 0 radical (unpaired) electrons. The van der Waals surface area contributed by atoms with E-state index in [-0.39, 0.29) is 12.2 Å². The summed E-state index contributed by atoms with van der Waals surface area (Å²) >= 11 is 5.95. The first-order valence-corrected chi connectivity index (χ1v) is 6.22. The Labute approximate surface area is 118 Å². The maximum atomic E-state index is 12.3. The van der Waals surface area contributed by atoms with Crippen molar-refractivity contribution in [3.63, 3.8) is 0 Å². The Hall–Kier alpha value is -1.96. The second-order valence-electron chi connectivity index (χ2n) is 3.92. The van der Waals surface area contributed by atoms with Gasteiger partial charge in [0.2, 0.25) is 0 Å². The predicted octanol–water partition coefficient (Wildman–Crippen LogP) is 2.08. The Bertz CT molecular complexity index is 610. The summed E-state index contributed by atoms with van der Waals surface area (Å²) in [6, 6.07) is 1.22. The van der Waals surface area contributed by atoms with Crippen LogP contribution in [0.2, 0.25) is 5.02 Å². The number of aromatic nitrogens is 4. The highest BCUT2D eigenvalue weighted by Crippen LogP contribution is 2.14. The van der Waals surface area contributed by atoms with Crippen molar-refractivity contribution in [2.45, 2.75) is 26.6 Å². The SMILES string of the molecule is CCn1cc(Cl)c(CNC(=O)c2ccn(C(F)F)n2)n1. The van der Waals surface area contributed by atoms with Crippen LogP contribution in [0.1, 0.15) is 29.7 Å². The largest absolute Gasteiger partial charge is 0.345 e. The maximum Gasteiger partial charge on any atom is 0.333 e. The monoisotopic (exact) mass is 303 g/mol. The lowest BCUT2D eigenvalue weighted by molar-refractivity contribution is 0.0560. The molecule has 6 nitrogen and oxygen atoms in total. The average molecular weight is 304 g/mol. The Morgan fingerprint density at radius 1 is 1.50 bits per heavy atom. The number of halogens is 3. The van der Waals surface area contributed by atoms with Gasteiger partial charge in [-0.1, -0.05) is 11.6 Å². The van der Waals surface area contributed by atoms with Gasteiger partial charge < -0.3 is 5.32 Å². The van der Waals surface area contributed by atoms with Crippen molar-refractivity contribution >= 4 is 17.5 Å². The molecule has 0 aliphatic heterocycles. The standard InChI is InChI=1S/C11H12ClF2N5O/c1-2-18-6-7(12)9(16-18)5-15-10(20)8-3-4-19(17-8)11(13)14/h3-4,6,11H,2,5H2,1H3,(H,15,20). The number of hydrogen-bond donors (Lipinski definition) is 1. The van der Waals surface area contributed by atoms with E-state index in [4.69, 9.17) is 11.6 Å². The van der Waals surface area contributed by atoms with Crippen molar-refractivity contribution in [3.8, 4) is 0 Å². The predicted molar refractivity (Wildman–Crippen MR) is 67.6 cm³/mol. The number of nitrogens with zero attached hydrogens (tertiary/aromatic N) is 4. The highest BCUT2D eigenvalue weighted by molar-refractivity contribution is 6.31. The molecule has 2 heterocycles. The molecular formula is C11H12ClF2N5O. The number of nitrogens with one attached hydrogen (secondary N) is 1. The number of aryl methyl sites for hydroxylation is 1. The van der Waals surface area contributed by atoms with Crippen molar-refractivity contribution in [2.75, 3.05) is 0 Å². The van der Waals surface area contributed by atoms with Gasteiger partial charge in [-0.05, 0) is 13.0 Å². The minimum atomic E-state index is -2.77. The summed E-state index contributed by atoms with van der Waals surface area (Å²) in [6.07, 6.45) is 2.69. The Balaban J connectivity index is 1.98. The van der Waals surface area contributed by atoms with Crippen LogP contribution in [-0.2, 0) is 13.1 Å². The van der Waals surface area contributed by atoms with Crippen LogP contribution in [0.3, 0.4) is 0 Å². The van der Waals surface area contributed by atoms with Gasteiger partial charge in [0.25, 0.3) is 5.91 Å². The molecule has 0 bridgehead atoms. The molecule has 0 aliphatic rings. The molecule has 0 fully saturated rings. The summed E-state index contributed by atoms with van der Waals surface area (Å²) in [5.41, 5.74) is 0.423. The molecule has 9 heteroatoms. The fourth-order valence-electron chi connectivity index (χ4n) is 1.54. The minimum Gasteiger partial charge on any atom is -0.345 e. The summed E-state index contributed by atoms with van der Waals surface area (Å²) in [7, 11) is 0. The van der Waals surface area contributed by atoms with Crippen molar-refractivity contribution in [1.29, 1.82) is 0 Å². The maximum absolute atomic E-state index is 12.3. The number of alkyl halides is 2. The van der Waals surface area contributed by atoms with Crippen LogP contribution in [0.25, 0.3) is 0 Å². The van der Waals surface area contributed by atoms with Gasteiger partial charge in [-0.15, -0.1) is 0 Å². The first-order valence-electron chi connectivity index (χ1n) is 5.84. The third kappa shape index (κ3) is 3.13. The van der Waals surface area contributed by atoms with E-state index in [0.29, 0.717) is 21.9 Å². The highest BCUT2D eigenvalue weighted by atomic mass is 35.5. The third-order valence-corrected chi connectivity index (χ3v) is 2.88.